The molecule has 0 saturated heterocycles. The van der Waals surface area contributed by atoms with Crippen LogP contribution in [0.15, 0.2) is 24.3 Å². The van der Waals surface area contributed by atoms with Gasteiger partial charge < -0.3 is 10.1 Å². The first-order valence-electron chi connectivity index (χ1n) is 5.53. The topological polar surface area (TPSA) is 53.1 Å². The Morgan fingerprint density at radius 1 is 1.41 bits per heavy atom. The quantitative estimate of drug-likeness (QED) is 0.871. The van der Waals surface area contributed by atoms with E-state index in [1.165, 1.54) is 0 Å². The minimum absolute atomic E-state index is 0.322. The zero-order valence-electron chi connectivity index (χ0n) is 9.86. The number of benzene rings is 1. The van der Waals surface area contributed by atoms with Gasteiger partial charge in [-0.2, -0.15) is 11.8 Å². The van der Waals surface area contributed by atoms with E-state index in [1.54, 1.807) is 12.1 Å². The highest BCUT2D eigenvalue weighted by Gasteiger charge is 2.06. The largest absolute Gasteiger partial charge is 0.478 e. The Kier molecular flexibility index (Phi) is 3.43. The van der Waals surface area contributed by atoms with E-state index in [4.69, 9.17) is 5.11 Å². The van der Waals surface area contributed by atoms with E-state index in [2.05, 4.69) is 24.9 Å². The fourth-order valence-corrected chi connectivity index (χ4v) is 2.32. The normalized spacial score (nSPS) is 11.2. The van der Waals surface area contributed by atoms with Crippen LogP contribution >= 0.6 is 11.8 Å². The number of H-pyrrole nitrogens is 1. The maximum Gasteiger partial charge on any atom is 0.335 e. The number of nitrogens with one attached hydrogen (secondary N) is 1. The number of hydrogen-bond acceptors (Lipinski definition) is 2. The second-order valence-electron chi connectivity index (χ2n) is 4.26. The molecule has 0 spiro atoms. The fourth-order valence-electron chi connectivity index (χ4n) is 1.65. The standard InChI is InChI=1S/C13H15NO2S/c1-8(2)17-7-11-5-9-3-4-10(13(15)16)6-12(9)14-11/h3-6,8,14H,7H2,1-2H3,(H,15,16). The molecule has 0 fully saturated rings. The molecule has 0 bridgehead atoms. The van der Waals surface area contributed by atoms with Crippen molar-refractivity contribution in [3.05, 3.63) is 35.5 Å². The Labute approximate surface area is 104 Å². The number of rotatable bonds is 4. The summed E-state index contributed by atoms with van der Waals surface area (Å²) in [5.41, 5.74) is 2.35. The Balaban J connectivity index is 2.27. The molecule has 0 amide bonds. The van der Waals surface area contributed by atoms with Crippen LogP contribution in [-0.4, -0.2) is 21.3 Å². The number of hydrogen-bond donors (Lipinski definition) is 2. The van der Waals surface area contributed by atoms with E-state index in [-0.39, 0.29) is 0 Å². The lowest BCUT2D eigenvalue weighted by atomic mass is 10.2. The molecular weight excluding hydrogens is 234 g/mol. The van der Waals surface area contributed by atoms with Gasteiger partial charge in [0.05, 0.1) is 5.56 Å². The molecule has 0 radical (unpaired) electrons. The van der Waals surface area contributed by atoms with E-state index in [0.717, 1.165) is 22.3 Å². The molecule has 0 aliphatic heterocycles. The van der Waals surface area contributed by atoms with Gasteiger partial charge in [0.2, 0.25) is 0 Å². The van der Waals surface area contributed by atoms with Crippen LogP contribution in [0.3, 0.4) is 0 Å². The monoisotopic (exact) mass is 249 g/mol. The first kappa shape index (κ1) is 12.0. The lowest BCUT2D eigenvalue weighted by Crippen LogP contribution is -1.94. The van der Waals surface area contributed by atoms with Crippen molar-refractivity contribution in [1.82, 2.24) is 4.98 Å². The van der Waals surface area contributed by atoms with E-state index in [0.29, 0.717) is 10.8 Å². The first-order chi connectivity index (χ1) is 8.06. The highest BCUT2D eigenvalue weighted by molar-refractivity contribution is 7.99. The van der Waals surface area contributed by atoms with Crippen LogP contribution in [0.25, 0.3) is 10.9 Å². The molecule has 2 rings (SSSR count). The summed E-state index contributed by atoms with van der Waals surface area (Å²) in [4.78, 5) is 14.1. The van der Waals surface area contributed by atoms with Crippen LogP contribution in [0, 0.1) is 0 Å². The predicted molar refractivity (Wildman–Crippen MR) is 71.7 cm³/mol. The summed E-state index contributed by atoms with van der Waals surface area (Å²) in [7, 11) is 0. The lowest BCUT2D eigenvalue weighted by Gasteiger charge is -2.01. The SMILES string of the molecule is CC(C)SCc1cc2ccc(C(=O)O)cc2[nH]1. The summed E-state index contributed by atoms with van der Waals surface area (Å²) < 4.78 is 0. The third kappa shape index (κ3) is 2.82. The number of aromatic amines is 1. The van der Waals surface area contributed by atoms with Crippen molar-refractivity contribution < 1.29 is 9.90 Å². The van der Waals surface area contributed by atoms with Gasteiger partial charge in [0.15, 0.2) is 0 Å². The molecule has 0 unspecified atom stereocenters. The Hall–Kier alpha value is -1.42. The number of aromatic carboxylic acids is 1. The van der Waals surface area contributed by atoms with Gasteiger partial charge >= 0.3 is 5.97 Å². The van der Waals surface area contributed by atoms with Gasteiger partial charge in [0.1, 0.15) is 0 Å². The fraction of sp³-hybridized carbons (Fsp3) is 0.308. The number of carbonyl (C=O) groups is 1. The molecule has 1 aromatic carbocycles. The zero-order chi connectivity index (χ0) is 12.4. The lowest BCUT2D eigenvalue weighted by molar-refractivity contribution is 0.0697. The minimum Gasteiger partial charge on any atom is -0.478 e. The number of aromatic nitrogens is 1. The van der Waals surface area contributed by atoms with Crippen molar-refractivity contribution in [2.45, 2.75) is 24.9 Å². The minimum atomic E-state index is -0.889. The van der Waals surface area contributed by atoms with Crippen LogP contribution in [0.2, 0.25) is 0 Å². The summed E-state index contributed by atoms with van der Waals surface area (Å²) in [6.07, 6.45) is 0. The van der Waals surface area contributed by atoms with Crippen molar-refractivity contribution in [1.29, 1.82) is 0 Å². The Morgan fingerprint density at radius 3 is 2.82 bits per heavy atom. The molecular formula is C13H15NO2S. The average Bonchev–Trinajstić information content (AvgIpc) is 2.67. The van der Waals surface area contributed by atoms with Gasteiger partial charge in [0, 0.05) is 17.0 Å². The first-order valence-corrected chi connectivity index (χ1v) is 6.57. The molecule has 4 heteroatoms. The van der Waals surface area contributed by atoms with Crippen molar-refractivity contribution in [2.24, 2.45) is 0 Å². The maximum absolute atomic E-state index is 10.8. The summed E-state index contributed by atoms with van der Waals surface area (Å²) in [5.74, 6) is 0.0361. The molecule has 90 valence electrons. The van der Waals surface area contributed by atoms with Crippen molar-refractivity contribution in [3.8, 4) is 0 Å². The Bertz CT molecular complexity index is 545. The van der Waals surface area contributed by atoms with Crippen LogP contribution in [0.4, 0.5) is 0 Å². The molecule has 0 aliphatic rings. The van der Waals surface area contributed by atoms with Gasteiger partial charge in [-0.25, -0.2) is 4.79 Å². The van der Waals surface area contributed by atoms with Crippen molar-refractivity contribution in [3.63, 3.8) is 0 Å². The number of carboxylic acids is 1. The van der Waals surface area contributed by atoms with Crippen LogP contribution in [0.5, 0.6) is 0 Å². The third-order valence-electron chi connectivity index (χ3n) is 2.50. The molecule has 2 N–H and O–H groups in total. The molecule has 1 aromatic heterocycles. The van der Waals surface area contributed by atoms with E-state index in [9.17, 15) is 4.79 Å². The zero-order valence-corrected chi connectivity index (χ0v) is 10.7. The molecule has 2 aromatic rings. The predicted octanol–water partition coefficient (Wildman–Crippen LogP) is 3.51. The third-order valence-corrected chi connectivity index (χ3v) is 3.64. The smallest absolute Gasteiger partial charge is 0.335 e. The van der Waals surface area contributed by atoms with E-state index < -0.39 is 5.97 Å². The van der Waals surface area contributed by atoms with Crippen LogP contribution < -0.4 is 0 Å². The molecule has 0 saturated carbocycles. The summed E-state index contributed by atoms with van der Waals surface area (Å²) in [5, 5.41) is 10.6. The Morgan fingerprint density at radius 2 is 2.18 bits per heavy atom. The van der Waals surface area contributed by atoms with Gasteiger partial charge in [-0.15, -0.1) is 0 Å². The van der Waals surface area contributed by atoms with Gasteiger partial charge in [0.25, 0.3) is 0 Å². The van der Waals surface area contributed by atoms with Gasteiger partial charge in [-0.3, -0.25) is 0 Å². The van der Waals surface area contributed by atoms with Gasteiger partial charge in [-0.1, -0.05) is 19.9 Å². The number of thioether (sulfide) groups is 1. The van der Waals surface area contributed by atoms with E-state index >= 15 is 0 Å². The van der Waals surface area contributed by atoms with Crippen molar-refractivity contribution in [2.75, 3.05) is 0 Å². The number of carboxylic acid groups (broad SMARTS) is 1. The summed E-state index contributed by atoms with van der Waals surface area (Å²) in [6, 6.07) is 7.24. The molecule has 0 atom stereocenters. The highest BCUT2D eigenvalue weighted by Crippen LogP contribution is 2.22. The average molecular weight is 249 g/mol. The molecule has 17 heavy (non-hydrogen) atoms. The summed E-state index contributed by atoms with van der Waals surface area (Å²) >= 11 is 1.86. The van der Waals surface area contributed by atoms with E-state index in [1.807, 2.05) is 17.8 Å². The molecule has 1 heterocycles. The second kappa shape index (κ2) is 4.84. The van der Waals surface area contributed by atoms with Crippen molar-refractivity contribution >= 4 is 28.6 Å². The molecule has 0 aliphatic carbocycles. The number of fused-ring (bicyclic) bond motifs is 1. The highest BCUT2D eigenvalue weighted by atomic mass is 32.2. The second-order valence-corrected chi connectivity index (χ2v) is 5.83. The molecule has 3 nitrogen and oxygen atoms in total. The van der Waals surface area contributed by atoms with Gasteiger partial charge in [-0.05, 0) is 28.8 Å². The summed E-state index contributed by atoms with van der Waals surface area (Å²) in [6.45, 7) is 4.33. The maximum atomic E-state index is 10.8. The van der Waals surface area contributed by atoms with Crippen LogP contribution in [0.1, 0.15) is 29.9 Å². The van der Waals surface area contributed by atoms with Crippen LogP contribution in [-0.2, 0) is 5.75 Å².